The molecule has 1 aromatic carbocycles. The number of fused-ring (bicyclic) bond motifs is 1. The van der Waals surface area contributed by atoms with Crippen molar-refractivity contribution in [3.8, 4) is 0 Å². The summed E-state index contributed by atoms with van der Waals surface area (Å²) in [5, 5.41) is 14.5. The highest BCUT2D eigenvalue weighted by Crippen LogP contribution is 2.25. The summed E-state index contributed by atoms with van der Waals surface area (Å²) in [4.78, 5) is 36.6. The molecular weight excluding hydrogens is 352 g/mol. The molecule has 1 aliphatic rings. The van der Waals surface area contributed by atoms with Gasteiger partial charge in [-0.3, -0.25) is 14.3 Å². The number of oxazole rings is 1. The second-order valence-electron chi connectivity index (χ2n) is 6.67. The molecule has 0 unspecified atom stereocenters. The van der Waals surface area contributed by atoms with Gasteiger partial charge in [-0.1, -0.05) is 19.1 Å². The van der Waals surface area contributed by atoms with Crippen molar-refractivity contribution >= 4 is 23.1 Å². The van der Waals surface area contributed by atoms with Crippen LogP contribution in [0.1, 0.15) is 19.8 Å². The van der Waals surface area contributed by atoms with E-state index in [0.717, 1.165) is 12.8 Å². The predicted molar refractivity (Wildman–Crippen MR) is 98.7 cm³/mol. The number of carboxylic acid groups (broad SMARTS) is 1. The van der Waals surface area contributed by atoms with E-state index in [2.05, 4.69) is 10.6 Å². The van der Waals surface area contributed by atoms with Crippen molar-refractivity contribution < 1.29 is 19.1 Å². The van der Waals surface area contributed by atoms with Gasteiger partial charge in [-0.25, -0.2) is 9.59 Å². The molecule has 0 atom stereocenters. The van der Waals surface area contributed by atoms with Gasteiger partial charge in [0.2, 0.25) is 0 Å². The van der Waals surface area contributed by atoms with Crippen molar-refractivity contribution in [1.29, 1.82) is 0 Å². The summed E-state index contributed by atoms with van der Waals surface area (Å²) in [5.74, 6) is -1.29. The number of likely N-dealkylation sites (N-methyl/N-ethyl adjacent to an activating group) is 1. The highest BCUT2D eigenvalue weighted by molar-refractivity contribution is 5.74. The molecule has 146 valence electrons. The Bertz CT molecular complexity index is 868. The van der Waals surface area contributed by atoms with E-state index in [-0.39, 0.29) is 24.7 Å². The van der Waals surface area contributed by atoms with Crippen LogP contribution in [0.2, 0.25) is 0 Å². The first-order chi connectivity index (χ1) is 13.0. The van der Waals surface area contributed by atoms with Gasteiger partial charge in [0.15, 0.2) is 5.58 Å². The summed E-state index contributed by atoms with van der Waals surface area (Å²) in [6.45, 7) is 3.24. The van der Waals surface area contributed by atoms with Crippen molar-refractivity contribution in [3.05, 3.63) is 34.8 Å². The molecule has 3 N–H and O–H groups in total. The van der Waals surface area contributed by atoms with E-state index < -0.39 is 11.7 Å². The van der Waals surface area contributed by atoms with E-state index in [1.165, 1.54) is 4.57 Å². The summed E-state index contributed by atoms with van der Waals surface area (Å²) in [6.07, 6.45) is 1.47. The van der Waals surface area contributed by atoms with E-state index in [1.54, 1.807) is 18.2 Å². The van der Waals surface area contributed by atoms with E-state index in [0.29, 0.717) is 30.7 Å². The number of amides is 2. The minimum Gasteiger partial charge on any atom is -0.480 e. The molecule has 27 heavy (non-hydrogen) atoms. The van der Waals surface area contributed by atoms with Gasteiger partial charge in [-0.05, 0) is 31.5 Å². The third-order valence-electron chi connectivity index (χ3n) is 4.90. The number of para-hydroxylation sites is 2. The first-order valence-corrected chi connectivity index (χ1v) is 9.06. The maximum absolute atomic E-state index is 12.0. The summed E-state index contributed by atoms with van der Waals surface area (Å²) in [5.41, 5.74) is 1.22. The molecule has 2 aromatic rings. The maximum Gasteiger partial charge on any atom is 0.420 e. The first kappa shape index (κ1) is 19.0. The standard InChI is InChI=1S/C18H24N4O5/c1-2-21(11-16(23)24)13-9-12(10-13)20-17(25)19-7-8-22-14-5-3-4-6-15(14)27-18(22)26/h3-6,12-13H,2,7-11H2,1H3,(H,23,24)(H2,19,20,25). The number of carbonyl (C=O) groups is 2. The van der Waals surface area contributed by atoms with Crippen molar-refractivity contribution in [2.45, 2.75) is 38.4 Å². The largest absolute Gasteiger partial charge is 0.480 e. The van der Waals surface area contributed by atoms with Crippen LogP contribution in [-0.4, -0.2) is 58.3 Å². The number of benzene rings is 1. The average Bonchev–Trinajstić information content (AvgIpc) is 2.91. The Kier molecular flexibility index (Phi) is 5.80. The summed E-state index contributed by atoms with van der Waals surface area (Å²) in [6, 6.07) is 7.08. The molecule has 1 aliphatic carbocycles. The lowest BCUT2D eigenvalue weighted by atomic mass is 9.85. The first-order valence-electron chi connectivity index (χ1n) is 9.06. The highest BCUT2D eigenvalue weighted by Gasteiger charge is 2.34. The molecule has 0 spiro atoms. The zero-order chi connectivity index (χ0) is 19.4. The fourth-order valence-corrected chi connectivity index (χ4v) is 3.42. The Morgan fingerprint density at radius 2 is 2.07 bits per heavy atom. The second-order valence-corrected chi connectivity index (χ2v) is 6.67. The summed E-state index contributed by atoms with van der Waals surface area (Å²) in [7, 11) is 0. The van der Waals surface area contributed by atoms with E-state index >= 15 is 0 Å². The predicted octanol–water partition coefficient (Wildman–Crippen LogP) is 0.831. The van der Waals surface area contributed by atoms with Crippen LogP contribution in [0, 0.1) is 0 Å². The quantitative estimate of drug-likeness (QED) is 0.628. The fraction of sp³-hybridized carbons (Fsp3) is 0.500. The van der Waals surface area contributed by atoms with Crippen LogP contribution in [0.25, 0.3) is 11.1 Å². The van der Waals surface area contributed by atoms with Crippen LogP contribution in [0.3, 0.4) is 0 Å². The van der Waals surface area contributed by atoms with Crippen molar-refractivity contribution in [1.82, 2.24) is 20.1 Å². The Labute approximate surface area is 155 Å². The van der Waals surface area contributed by atoms with E-state index in [1.807, 2.05) is 17.9 Å². The number of carbonyl (C=O) groups excluding carboxylic acids is 1. The minimum absolute atomic E-state index is 0.0213. The second kappa shape index (κ2) is 8.26. The van der Waals surface area contributed by atoms with Crippen molar-refractivity contribution in [2.24, 2.45) is 0 Å². The number of aliphatic carboxylic acids is 1. The molecule has 9 nitrogen and oxygen atoms in total. The topological polar surface area (TPSA) is 117 Å². The van der Waals surface area contributed by atoms with Gasteiger partial charge in [0.05, 0.1) is 12.1 Å². The Hall–Kier alpha value is -2.81. The minimum atomic E-state index is -0.840. The molecule has 2 amide bonds. The Morgan fingerprint density at radius 3 is 2.78 bits per heavy atom. The number of nitrogens with zero attached hydrogens (tertiary/aromatic N) is 2. The summed E-state index contributed by atoms with van der Waals surface area (Å²) >= 11 is 0. The fourth-order valence-electron chi connectivity index (χ4n) is 3.42. The molecular formula is C18H24N4O5. The van der Waals surface area contributed by atoms with Gasteiger partial charge in [-0.15, -0.1) is 0 Å². The zero-order valence-electron chi connectivity index (χ0n) is 15.2. The number of carboxylic acids is 1. The molecule has 3 rings (SSSR count). The van der Waals surface area contributed by atoms with Gasteiger partial charge in [-0.2, -0.15) is 0 Å². The normalized spacial score (nSPS) is 19.0. The number of rotatable bonds is 8. The van der Waals surface area contributed by atoms with E-state index in [9.17, 15) is 14.4 Å². The molecule has 9 heteroatoms. The van der Waals surface area contributed by atoms with E-state index in [4.69, 9.17) is 9.52 Å². The lowest BCUT2D eigenvalue weighted by molar-refractivity contribution is -0.139. The number of hydrogen-bond acceptors (Lipinski definition) is 5. The molecule has 0 saturated heterocycles. The van der Waals surface area contributed by atoms with Crippen LogP contribution in [0.15, 0.2) is 33.5 Å². The Morgan fingerprint density at radius 1 is 1.33 bits per heavy atom. The molecule has 0 aliphatic heterocycles. The third-order valence-corrected chi connectivity index (χ3v) is 4.90. The lowest BCUT2D eigenvalue weighted by Crippen LogP contribution is -2.56. The highest BCUT2D eigenvalue weighted by atomic mass is 16.4. The van der Waals surface area contributed by atoms with Gasteiger partial charge >= 0.3 is 17.8 Å². The van der Waals surface area contributed by atoms with Crippen LogP contribution in [-0.2, 0) is 11.3 Å². The lowest BCUT2D eigenvalue weighted by Gasteiger charge is -2.42. The number of nitrogens with one attached hydrogen (secondary N) is 2. The maximum atomic E-state index is 12.0. The zero-order valence-corrected chi connectivity index (χ0v) is 15.2. The van der Waals surface area contributed by atoms with Crippen LogP contribution in [0.5, 0.6) is 0 Å². The number of aromatic nitrogens is 1. The number of urea groups is 1. The van der Waals surface area contributed by atoms with Crippen LogP contribution in [0.4, 0.5) is 4.79 Å². The molecule has 0 radical (unpaired) electrons. The molecule has 1 aromatic heterocycles. The molecule has 0 bridgehead atoms. The third kappa shape index (κ3) is 4.48. The monoisotopic (exact) mass is 376 g/mol. The molecule has 1 heterocycles. The SMILES string of the molecule is CCN(CC(=O)O)C1CC(NC(=O)NCCn2c(=O)oc3ccccc32)C1. The smallest absolute Gasteiger partial charge is 0.420 e. The average molecular weight is 376 g/mol. The molecule has 1 fully saturated rings. The van der Waals surface area contributed by atoms with Gasteiger partial charge < -0.3 is 20.2 Å². The van der Waals surface area contributed by atoms with Gasteiger partial charge in [0, 0.05) is 25.2 Å². The Balaban J connectivity index is 1.41. The van der Waals surface area contributed by atoms with Crippen LogP contribution >= 0.6 is 0 Å². The van der Waals surface area contributed by atoms with Crippen LogP contribution < -0.4 is 16.4 Å². The van der Waals surface area contributed by atoms with Crippen molar-refractivity contribution in [3.63, 3.8) is 0 Å². The van der Waals surface area contributed by atoms with Crippen molar-refractivity contribution in [2.75, 3.05) is 19.6 Å². The molecule has 1 saturated carbocycles. The number of hydrogen-bond donors (Lipinski definition) is 3. The summed E-state index contributed by atoms with van der Waals surface area (Å²) < 4.78 is 6.64. The van der Waals surface area contributed by atoms with Gasteiger partial charge in [0.1, 0.15) is 0 Å². The van der Waals surface area contributed by atoms with Gasteiger partial charge in [0.25, 0.3) is 0 Å².